The molecule has 0 saturated carbocycles. The van der Waals surface area contributed by atoms with Gasteiger partial charge in [-0.25, -0.2) is 9.97 Å². The highest BCUT2D eigenvalue weighted by Gasteiger charge is 2.09. The Balaban J connectivity index is 2.12. The lowest BCUT2D eigenvalue weighted by Gasteiger charge is -1.99. The van der Waals surface area contributed by atoms with Gasteiger partial charge in [-0.15, -0.1) is 0 Å². The van der Waals surface area contributed by atoms with Crippen LogP contribution in [0.5, 0.6) is 0 Å². The molecule has 0 N–H and O–H groups in total. The molecule has 16 heavy (non-hydrogen) atoms. The average Bonchev–Trinajstić information content (AvgIpc) is 2.31. The maximum Gasteiger partial charge on any atom is 0.204 e. The molecule has 0 saturated heterocycles. The smallest absolute Gasteiger partial charge is 0.204 e. The fraction of sp³-hybridized carbons (Fsp3) is 0.167. The van der Waals surface area contributed by atoms with Crippen LogP contribution in [0.1, 0.15) is 21.7 Å². The molecule has 0 radical (unpaired) electrons. The van der Waals surface area contributed by atoms with Crippen molar-refractivity contribution in [1.82, 2.24) is 15.0 Å². The minimum Gasteiger partial charge on any atom is -0.290 e. The lowest BCUT2D eigenvalue weighted by molar-refractivity contribution is 0.0983. The molecular formula is C12H11N3O. The van der Waals surface area contributed by atoms with Crippen LogP contribution in [0.4, 0.5) is 0 Å². The quantitative estimate of drug-likeness (QED) is 0.727. The van der Waals surface area contributed by atoms with Crippen molar-refractivity contribution in [1.29, 1.82) is 0 Å². The van der Waals surface area contributed by atoms with Gasteiger partial charge >= 0.3 is 0 Å². The normalized spacial score (nSPS) is 10.1. The average molecular weight is 213 g/mol. The molecule has 4 nitrogen and oxygen atoms in total. The van der Waals surface area contributed by atoms with E-state index in [1.54, 1.807) is 30.9 Å². The second kappa shape index (κ2) is 4.61. The highest BCUT2D eigenvalue weighted by Crippen LogP contribution is 2.02. The van der Waals surface area contributed by atoms with Gasteiger partial charge in [-0.1, -0.05) is 6.07 Å². The molecule has 0 unspecified atom stereocenters. The number of hydrogen-bond acceptors (Lipinski definition) is 4. The Kier molecular flexibility index (Phi) is 3.00. The molecule has 0 atom stereocenters. The highest BCUT2D eigenvalue weighted by molar-refractivity contribution is 5.93. The number of aromatic nitrogens is 3. The Morgan fingerprint density at radius 1 is 1.25 bits per heavy atom. The summed E-state index contributed by atoms with van der Waals surface area (Å²) >= 11 is 0. The third-order valence-electron chi connectivity index (χ3n) is 2.12. The molecule has 0 aliphatic carbocycles. The summed E-state index contributed by atoms with van der Waals surface area (Å²) in [7, 11) is 0. The van der Waals surface area contributed by atoms with E-state index in [0.717, 1.165) is 11.1 Å². The summed E-state index contributed by atoms with van der Waals surface area (Å²) in [6, 6.07) is 3.66. The third kappa shape index (κ3) is 2.48. The first-order valence-electron chi connectivity index (χ1n) is 4.96. The molecule has 0 aromatic carbocycles. The van der Waals surface area contributed by atoms with Gasteiger partial charge in [-0.05, 0) is 24.1 Å². The first-order valence-corrected chi connectivity index (χ1v) is 4.96. The Hall–Kier alpha value is -2.10. The first-order chi connectivity index (χ1) is 7.75. The molecule has 0 aliphatic rings. The zero-order valence-corrected chi connectivity index (χ0v) is 8.92. The summed E-state index contributed by atoms with van der Waals surface area (Å²) in [4.78, 5) is 23.7. The van der Waals surface area contributed by atoms with Crippen LogP contribution >= 0.6 is 0 Å². The summed E-state index contributed by atoms with van der Waals surface area (Å²) in [6.07, 6.45) is 6.92. The molecule has 2 aromatic heterocycles. The van der Waals surface area contributed by atoms with Crippen LogP contribution in [-0.2, 0) is 6.42 Å². The fourth-order valence-corrected chi connectivity index (χ4v) is 1.30. The molecule has 0 bridgehead atoms. The Labute approximate surface area is 93.4 Å². The van der Waals surface area contributed by atoms with Gasteiger partial charge in [0, 0.05) is 31.2 Å². The number of pyridine rings is 1. The number of hydrogen-bond donors (Lipinski definition) is 0. The van der Waals surface area contributed by atoms with Crippen molar-refractivity contribution in [3.05, 3.63) is 53.9 Å². The molecule has 0 spiro atoms. The van der Waals surface area contributed by atoms with Crippen molar-refractivity contribution in [3.8, 4) is 0 Å². The predicted molar refractivity (Wildman–Crippen MR) is 59.0 cm³/mol. The van der Waals surface area contributed by atoms with Crippen molar-refractivity contribution in [2.75, 3.05) is 0 Å². The Morgan fingerprint density at radius 2 is 2.00 bits per heavy atom. The molecule has 4 heteroatoms. The van der Waals surface area contributed by atoms with Gasteiger partial charge in [0.25, 0.3) is 0 Å². The van der Waals surface area contributed by atoms with Gasteiger partial charge in [0.1, 0.15) is 0 Å². The molecule has 0 fully saturated rings. The van der Waals surface area contributed by atoms with E-state index < -0.39 is 0 Å². The Morgan fingerprint density at radius 3 is 2.62 bits per heavy atom. The summed E-state index contributed by atoms with van der Waals surface area (Å²) < 4.78 is 0. The zero-order valence-electron chi connectivity index (χ0n) is 8.92. The molecule has 80 valence electrons. The summed E-state index contributed by atoms with van der Waals surface area (Å²) in [6.45, 7) is 1.88. The molecule has 0 aliphatic heterocycles. The lowest BCUT2D eigenvalue weighted by atomic mass is 10.1. The molecular weight excluding hydrogens is 202 g/mol. The third-order valence-corrected chi connectivity index (χ3v) is 2.12. The lowest BCUT2D eigenvalue weighted by Crippen LogP contribution is -2.08. The van der Waals surface area contributed by atoms with Gasteiger partial charge in [0.2, 0.25) is 5.78 Å². The van der Waals surface area contributed by atoms with Crippen LogP contribution in [0.3, 0.4) is 0 Å². The van der Waals surface area contributed by atoms with E-state index in [1.807, 2.05) is 13.0 Å². The van der Waals surface area contributed by atoms with Crippen LogP contribution in [0, 0.1) is 6.92 Å². The Bertz CT molecular complexity index is 479. The molecule has 2 heterocycles. The van der Waals surface area contributed by atoms with E-state index in [-0.39, 0.29) is 18.0 Å². The number of ketones is 1. The van der Waals surface area contributed by atoms with Crippen LogP contribution in [-0.4, -0.2) is 20.7 Å². The van der Waals surface area contributed by atoms with E-state index in [2.05, 4.69) is 15.0 Å². The minimum absolute atomic E-state index is 0.0898. The van der Waals surface area contributed by atoms with Crippen molar-refractivity contribution in [3.63, 3.8) is 0 Å². The second-order valence-electron chi connectivity index (χ2n) is 3.55. The number of carbonyl (C=O) groups is 1. The van der Waals surface area contributed by atoms with Crippen molar-refractivity contribution < 1.29 is 4.79 Å². The van der Waals surface area contributed by atoms with Gasteiger partial charge in [-0.3, -0.25) is 9.78 Å². The van der Waals surface area contributed by atoms with Crippen molar-refractivity contribution >= 4 is 5.78 Å². The number of aryl methyl sites for hydroxylation is 1. The van der Waals surface area contributed by atoms with Crippen molar-refractivity contribution in [2.45, 2.75) is 13.3 Å². The highest BCUT2D eigenvalue weighted by atomic mass is 16.1. The topological polar surface area (TPSA) is 55.7 Å². The van der Waals surface area contributed by atoms with Gasteiger partial charge in [0.05, 0.1) is 0 Å². The molecule has 0 amide bonds. The standard InChI is InChI=1S/C12H11N3O/c1-9-6-14-12(15-7-9)11(16)5-10-3-2-4-13-8-10/h2-4,6-8H,5H2,1H3. The van der Waals surface area contributed by atoms with Crippen molar-refractivity contribution in [2.24, 2.45) is 0 Å². The predicted octanol–water partition coefficient (Wildman–Crippen LogP) is 1.61. The molecule has 2 rings (SSSR count). The summed E-state index contributed by atoms with van der Waals surface area (Å²) in [5.74, 6) is 0.169. The van der Waals surface area contributed by atoms with E-state index in [4.69, 9.17) is 0 Å². The maximum atomic E-state index is 11.8. The minimum atomic E-state index is -0.0898. The van der Waals surface area contributed by atoms with E-state index in [1.165, 1.54) is 0 Å². The SMILES string of the molecule is Cc1cnc(C(=O)Cc2cccnc2)nc1. The van der Waals surface area contributed by atoms with E-state index >= 15 is 0 Å². The zero-order chi connectivity index (χ0) is 11.4. The maximum absolute atomic E-state index is 11.8. The number of Topliss-reactive ketones (excluding diaryl/α,β-unsaturated/α-hetero) is 1. The van der Waals surface area contributed by atoms with Crippen LogP contribution in [0.15, 0.2) is 36.9 Å². The first kappa shape index (κ1) is 10.4. The monoisotopic (exact) mass is 213 g/mol. The second-order valence-corrected chi connectivity index (χ2v) is 3.55. The van der Waals surface area contributed by atoms with Crippen LogP contribution in [0.2, 0.25) is 0 Å². The number of rotatable bonds is 3. The van der Waals surface area contributed by atoms with Crippen LogP contribution < -0.4 is 0 Å². The number of nitrogens with zero attached hydrogens (tertiary/aromatic N) is 3. The van der Waals surface area contributed by atoms with E-state index in [0.29, 0.717) is 0 Å². The van der Waals surface area contributed by atoms with E-state index in [9.17, 15) is 4.79 Å². The summed E-state index contributed by atoms with van der Waals surface area (Å²) in [5.41, 5.74) is 1.81. The van der Waals surface area contributed by atoms with Gasteiger partial charge in [0.15, 0.2) is 5.82 Å². The number of carbonyl (C=O) groups excluding carboxylic acids is 1. The fourth-order valence-electron chi connectivity index (χ4n) is 1.30. The summed E-state index contributed by atoms with van der Waals surface area (Å²) in [5, 5.41) is 0. The molecule has 2 aromatic rings. The van der Waals surface area contributed by atoms with Crippen LogP contribution in [0.25, 0.3) is 0 Å². The van der Waals surface area contributed by atoms with Gasteiger partial charge < -0.3 is 0 Å². The van der Waals surface area contributed by atoms with Gasteiger partial charge in [-0.2, -0.15) is 0 Å². The largest absolute Gasteiger partial charge is 0.290 e.